The smallest absolute Gasteiger partial charge is 0.262 e. The molecule has 3 aromatic rings. The molecule has 4 nitrogen and oxygen atoms in total. The van der Waals surface area contributed by atoms with Crippen LogP contribution in [0.25, 0.3) is 0 Å². The molecule has 0 atom stereocenters. The largest absolute Gasteiger partial charge is 0.487 e. The third-order valence-corrected chi connectivity index (χ3v) is 4.06. The minimum atomic E-state index is -0.444. The summed E-state index contributed by atoms with van der Waals surface area (Å²) in [7, 11) is 0. The summed E-state index contributed by atoms with van der Waals surface area (Å²) in [5.41, 5.74) is 0.722. The van der Waals surface area contributed by atoms with Crippen molar-refractivity contribution in [2.75, 3.05) is 11.9 Å². The van der Waals surface area contributed by atoms with Crippen LogP contribution in [0.5, 0.6) is 11.5 Å². The van der Waals surface area contributed by atoms with E-state index in [4.69, 9.17) is 21.1 Å². The molecule has 0 unspecified atom stereocenters. The van der Waals surface area contributed by atoms with E-state index in [1.165, 1.54) is 12.1 Å². The number of halogens is 2. The lowest BCUT2D eigenvalue weighted by Gasteiger charge is -2.14. The third-order valence-electron chi connectivity index (χ3n) is 3.71. The first-order chi connectivity index (χ1) is 13.1. The topological polar surface area (TPSA) is 47.6 Å². The quantitative estimate of drug-likeness (QED) is 0.617. The first-order valence-electron chi connectivity index (χ1n) is 8.26. The first-order valence-corrected chi connectivity index (χ1v) is 8.63. The van der Waals surface area contributed by atoms with Crippen molar-refractivity contribution in [2.45, 2.75) is 6.61 Å². The molecule has 0 aliphatic carbocycles. The molecule has 3 aromatic carbocycles. The predicted molar refractivity (Wildman–Crippen MR) is 103 cm³/mol. The molecule has 27 heavy (non-hydrogen) atoms. The van der Waals surface area contributed by atoms with E-state index in [1.54, 1.807) is 42.5 Å². The number of rotatable bonds is 7. The minimum absolute atomic E-state index is 0.0566. The molecular formula is C21H17ClFNO3. The van der Waals surface area contributed by atoms with Crippen molar-refractivity contribution in [1.82, 2.24) is 0 Å². The second-order valence-electron chi connectivity index (χ2n) is 5.63. The fraction of sp³-hybridized carbons (Fsp3) is 0.0952. The predicted octanol–water partition coefficient (Wildman–Crippen LogP) is 5.08. The molecule has 0 bridgehead atoms. The summed E-state index contributed by atoms with van der Waals surface area (Å²) in [6, 6.07) is 20.4. The van der Waals surface area contributed by atoms with Gasteiger partial charge in [-0.05, 0) is 36.4 Å². The number of carbonyl (C=O) groups is 1. The standard InChI is InChI=1S/C21H17ClFNO3/c22-17-9-6-10-18(23)16(17)13-27-20-12-5-4-11-19(20)24-21(25)14-26-15-7-2-1-3-8-15/h1-12H,13-14H2,(H,24,25). The van der Waals surface area contributed by atoms with Crippen LogP contribution < -0.4 is 14.8 Å². The van der Waals surface area contributed by atoms with E-state index in [0.29, 0.717) is 17.2 Å². The molecule has 0 heterocycles. The van der Waals surface area contributed by atoms with Gasteiger partial charge in [0.15, 0.2) is 6.61 Å². The SMILES string of the molecule is O=C(COc1ccccc1)Nc1ccccc1OCc1c(F)cccc1Cl. The van der Waals surface area contributed by atoms with E-state index < -0.39 is 5.82 Å². The number of hydrogen-bond acceptors (Lipinski definition) is 3. The van der Waals surface area contributed by atoms with Gasteiger partial charge in [-0.3, -0.25) is 4.79 Å². The summed E-state index contributed by atoms with van der Waals surface area (Å²) in [6.45, 7) is -0.198. The van der Waals surface area contributed by atoms with Crippen LogP contribution in [0.3, 0.4) is 0 Å². The van der Waals surface area contributed by atoms with Gasteiger partial charge in [0.2, 0.25) is 0 Å². The van der Waals surface area contributed by atoms with Crippen LogP contribution in [-0.2, 0) is 11.4 Å². The number of ether oxygens (including phenoxy) is 2. The molecule has 0 spiro atoms. The summed E-state index contributed by atoms with van der Waals surface area (Å²) in [5, 5.41) is 3.02. The van der Waals surface area contributed by atoms with Crippen molar-refractivity contribution in [2.24, 2.45) is 0 Å². The molecule has 0 aromatic heterocycles. The van der Waals surface area contributed by atoms with Crippen molar-refractivity contribution < 1.29 is 18.7 Å². The summed E-state index contributed by atoms with van der Waals surface area (Å²) < 4.78 is 25.0. The maximum absolute atomic E-state index is 13.9. The summed E-state index contributed by atoms with van der Waals surface area (Å²) in [6.07, 6.45) is 0. The van der Waals surface area contributed by atoms with Gasteiger partial charge in [0.1, 0.15) is 23.9 Å². The zero-order chi connectivity index (χ0) is 19.1. The van der Waals surface area contributed by atoms with Crippen LogP contribution in [0.2, 0.25) is 5.02 Å². The average Bonchev–Trinajstić information content (AvgIpc) is 2.68. The van der Waals surface area contributed by atoms with Crippen LogP contribution in [0.1, 0.15) is 5.56 Å². The molecule has 3 rings (SSSR count). The van der Waals surface area contributed by atoms with Gasteiger partial charge in [-0.1, -0.05) is 48.0 Å². The Hall–Kier alpha value is -3.05. The van der Waals surface area contributed by atoms with Gasteiger partial charge in [-0.25, -0.2) is 4.39 Å². The highest BCUT2D eigenvalue weighted by Crippen LogP contribution is 2.27. The van der Waals surface area contributed by atoms with Gasteiger partial charge in [0, 0.05) is 5.56 Å². The van der Waals surface area contributed by atoms with E-state index >= 15 is 0 Å². The zero-order valence-corrected chi connectivity index (χ0v) is 15.1. The van der Waals surface area contributed by atoms with Gasteiger partial charge < -0.3 is 14.8 Å². The number of benzene rings is 3. The van der Waals surface area contributed by atoms with E-state index in [-0.39, 0.29) is 29.7 Å². The molecule has 138 valence electrons. The minimum Gasteiger partial charge on any atom is -0.487 e. The average molecular weight is 386 g/mol. The van der Waals surface area contributed by atoms with Crippen molar-refractivity contribution in [1.29, 1.82) is 0 Å². The number of anilines is 1. The van der Waals surface area contributed by atoms with Crippen LogP contribution in [0.15, 0.2) is 72.8 Å². The number of nitrogens with one attached hydrogen (secondary N) is 1. The molecule has 1 N–H and O–H groups in total. The Kier molecular flexibility index (Phi) is 6.28. The van der Waals surface area contributed by atoms with E-state index in [2.05, 4.69) is 5.32 Å². The molecule has 1 amide bonds. The number of para-hydroxylation sites is 3. The van der Waals surface area contributed by atoms with Gasteiger partial charge in [0.05, 0.1) is 10.7 Å². The number of carbonyl (C=O) groups excluding carboxylic acids is 1. The molecule has 0 aliphatic heterocycles. The van der Waals surface area contributed by atoms with E-state index in [1.807, 2.05) is 18.2 Å². The number of amides is 1. The Balaban J connectivity index is 1.62. The molecular weight excluding hydrogens is 369 g/mol. The van der Waals surface area contributed by atoms with Gasteiger partial charge in [-0.15, -0.1) is 0 Å². The lowest BCUT2D eigenvalue weighted by Crippen LogP contribution is -2.20. The second kappa shape index (κ2) is 9.05. The zero-order valence-electron chi connectivity index (χ0n) is 14.3. The first kappa shape index (κ1) is 18.7. The summed E-state index contributed by atoms with van der Waals surface area (Å²) in [5.74, 6) is 0.232. The van der Waals surface area contributed by atoms with Crippen molar-refractivity contribution in [3.8, 4) is 11.5 Å². The van der Waals surface area contributed by atoms with Gasteiger partial charge in [-0.2, -0.15) is 0 Å². The lowest BCUT2D eigenvalue weighted by atomic mass is 10.2. The van der Waals surface area contributed by atoms with Gasteiger partial charge >= 0.3 is 0 Å². The maximum Gasteiger partial charge on any atom is 0.262 e. The van der Waals surface area contributed by atoms with Crippen molar-refractivity contribution in [3.63, 3.8) is 0 Å². The normalized spacial score (nSPS) is 10.3. The number of hydrogen-bond donors (Lipinski definition) is 1. The van der Waals surface area contributed by atoms with Crippen LogP contribution >= 0.6 is 11.6 Å². The van der Waals surface area contributed by atoms with E-state index in [0.717, 1.165) is 0 Å². The van der Waals surface area contributed by atoms with Gasteiger partial charge in [0.25, 0.3) is 5.91 Å². The lowest BCUT2D eigenvalue weighted by molar-refractivity contribution is -0.118. The van der Waals surface area contributed by atoms with Crippen molar-refractivity contribution in [3.05, 3.63) is 89.2 Å². The summed E-state index contributed by atoms with van der Waals surface area (Å²) in [4.78, 5) is 12.1. The Labute approximate surface area is 161 Å². The Bertz CT molecular complexity index is 898. The highest BCUT2D eigenvalue weighted by atomic mass is 35.5. The Morgan fingerprint density at radius 2 is 1.67 bits per heavy atom. The highest BCUT2D eigenvalue weighted by molar-refractivity contribution is 6.31. The van der Waals surface area contributed by atoms with Crippen molar-refractivity contribution >= 4 is 23.2 Å². The molecule has 0 saturated heterocycles. The molecule has 0 saturated carbocycles. The van der Waals surface area contributed by atoms with E-state index in [9.17, 15) is 9.18 Å². The van der Waals surface area contributed by atoms with Crippen LogP contribution in [-0.4, -0.2) is 12.5 Å². The highest BCUT2D eigenvalue weighted by Gasteiger charge is 2.11. The maximum atomic E-state index is 13.9. The molecule has 0 radical (unpaired) electrons. The second-order valence-corrected chi connectivity index (χ2v) is 6.04. The molecule has 0 aliphatic rings. The van der Waals surface area contributed by atoms with Crippen LogP contribution in [0, 0.1) is 5.82 Å². The Morgan fingerprint density at radius 1 is 0.926 bits per heavy atom. The molecule has 0 fully saturated rings. The summed E-state index contributed by atoms with van der Waals surface area (Å²) >= 11 is 6.01. The molecule has 6 heteroatoms. The Morgan fingerprint density at radius 3 is 2.44 bits per heavy atom. The third kappa shape index (κ3) is 5.21. The fourth-order valence-electron chi connectivity index (χ4n) is 2.37. The van der Waals surface area contributed by atoms with Crippen LogP contribution in [0.4, 0.5) is 10.1 Å². The monoisotopic (exact) mass is 385 g/mol. The fourth-order valence-corrected chi connectivity index (χ4v) is 2.59.